The molecule has 5 aromatic rings. The van der Waals surface area contributed by atoms with Gasteiger partial charge < -0.3 is 20.3 Å². The number of anilines is 1. The lowest BCUT2D eigenvalue weighted by Crippen LogP contribution is -2.44. The summed E-state index contributed by atoms with van der Waals surface area (Å²) in [5.41, 5.74) is 2.51. The van der Waals surface area contributed by atoms with E-state index in [1.165, 1.54) is 21.5 Å². The SMILES string of the molecule is O=C1NCCN(C(=O)OCc2ccccc2)C[C@H]1Nc1nc2ccccc2c2nc(-c3cccc(F)c3)nn12. The van der Waals surface area contributed by atoms with Gasteiger partial charge in [-0.1, -0.05) is 54.6 Å². The normalized spacial score (nSPS) is 15.7. The highest BCUT2D eigenvalue weighted by Gasteiger charge is 2.30. The van der Waals surface area contributed by atoms with E-state index in [4.69, 9.17) is 9.72 Å². The number of nitrogens with one attached hydrogen (secondary N) is 2. The number of benzene rings is 3. The minimum atomic E-state index is -0.838. The molecule has 10 nitrogen and oxygen atoms in total. The first-order chi connectivity index (χ1) is 19.0. The molecule has 2 aromatic heterocycles. The average molecular weight is 526 g/mol. The number of carbonyl (C=O) groups excluding carboxylic acids is 2. The third-order valence-electron chi connectivity index (χ3n) is 6.43. The maximum atomic E-state index is 13.9. The largest absolute Gasteiger partial charge is 0.445 e. The van der Waals surface area contributed by atoms with E-state index in [2.05, 4.69) is 20.7 Å². The lowest BCUT2D eigenvalue weighted by molar-refractivity contribution is -0.121. The van der Waals surface area contributed by atoms with E-state index in [0.29, 0.717) is 29.1 Å². The second-order valence-electron chi connectivity index (χ2n) is 9.11. The molecule has 0 radical (unpaired) electrons. The molecule has 0 bridgehead atoms. The summed E-state index contributed by atoms with van der Waals surface area (Å²) in [6, 6.07) is 22.0. The third-order valence-corrected chi connectivity index (χ3v) is 6.43. The summed E-state index contributed by atoms with van der Waals surface area (Å²) in [5, 5.41) is 11.3. The number of ether oxygens (including phenoxy) is 1. The lowest BCUT2D eigenvalue weighted by atomic mass is 10.2. The average Bonchev–Trinajstić information content (AvgIpc) is 3.33. The van der Waals surface area contributed by atoms with Crippen molar-refractivity contribution in [3.05, 3.63) is 90.2 Å². The van der Waals surface area contributed by atoms with E-state index in [1.807, 2.05) is 54.6 Å². The van der Waals surface area contributed by atoms with Crippen LogP contribution in [-0.2, 0) is 16.1 Å². The predicted molar refractivity (Wildman–Crippen MR) is 142 cm³/mol. The van der Waals surface area contributed by atoms with Crippen LogP contribution in [0.15, 0.2) is 78.9 Å². The van der Waals surface area contributed by atoms with Crippen molar-refractivity contribution in [1.29, 1.82) is 0 Å². The number of amides is 2. The van der Waals surface area contributed by atoms with Crippen molar-refractivity contribution >= 4 is 34.5 Å². The van der Waals surface area contributed by atoms with Crippen LogP contribution in [0.25, 0.3) is 27.9 Å². The Balaban J connectivity index is 1.31. The van der Waals surface area contributed by atoms with Gasteiger partial charge in [0.1, 0.15) is 18.5 Å². The van der Waals surface area contributed by atoms with Crippen LogP contribution in [0.5, 0.6) is 0 Å². The van der Waals surface area contributed by atoms with Crippen LogP contribution < -0.4 is 10.6 Å². The minimum absolute atomic E-state index is 0.0565. The molecule has 2 N–H and O–H groups in total. The Bertz CT molecular complexity index is 1670. The zero-order chi connectivity index (χ0) is 26.8. The summed E-state index contributed by atoms with van der Waals surface area (Å²) in [4.78, 5) is 36.7. The van der Waals surface area contributed by atoms with Gasteiger partial charge in [-0.3, -0.25) is 4.79 Å². The van der Waals surface area contributed by atoms with Gasteiger partial charge in [0, 0.05) is 24.0 Å². The number of halogens is 1. The molecule has 0 spiro atoms. The maximum absolute atomic E-state index is 13.9. The Morgan fingerprint density at radius 3 is 2.72 bits per heavy atom. The zero-order valence-electron chi connectivity index (χ0n) is 20.8. The highest BCUT2D eigenvalue weighted by atomic mass is 19.1. The quantitative estimate of drug-likeness (QED) is 0.360. The van der Waals surface area contributed by atoms with Gasteiger partial charge in [0.2, 0.25) is 11.9 Å². The van der Waals surface area contributed by atoms with Gasteiger partial charge in [0.05, 0.1) is 12.1 Å². The van der Waals surface area contributed by atoms with E-state index in [0.717, 1.165) is 10.9 Å². The number of rotatable bonds is 5. The molecule has 39 heavy (non-hydrogen) atoms. The van der Waals surface area contributed by atoms with E-state index in [9.17, 15) is 14.0 Å². The van der Waals surface area contributed by atoms with Gasteiger partial charge in [-0.05, 0) is 29.8 Å². The van der Waals surface area contributed by atoms with E-state index in [1.54, 1.807) is 12.1 Å². The number of carbonyl (C=O) groups is 2. The van der Waals surface area contributed by atoms with Crippen LogP contribution in [-0.4, -0.2) is 62.2 Å². The summed E-state index contributed by atoms with van der Waals surface area (Å²) in [5.74, 6) is -0.116. The first-order valence-corrected chi connectivity index (χ1v) is 12.5. The second kappa shape index (κ2) is 10.4. The molecule has 1 fully saturated rings. The van der Waals surface area contributed by atoms with Crippen molar-refractivity contribution in [2.75, 3.05) is 25.0 Å². The van der Waals surface area contributed by atoms with Gasteiger partial charge in [0.15, 0.2) is 11.5 Å². The summed E-state index contributed by atoms with van der Waals surface area (Å²) >= 11 is 0. The van der Waals surface area contributed by atoms with Crippen LogP contribution in [0, 0.1) is 5.82 Å². The number of aromatic nitrogens is 4. The van der Waals surface area contributed by atoms with Crippen LogP contribution in [0.2, 0.25) is 0 Å². The molecule has 3 aromatic carbocycles. The molecule has 0 saturated carbocycles. The van der Waals surface area contributed by atoms with Crippen LogP contribution >= 0.6 is 0 Å². The summed E-state index contributed by atoms with van der Waals surface area (Å²) in [6.07, 6.45) is -0.520. The molecule has 6 rings (SSSR count). The standard InChI is InChI=1S/C28H24FN7O3/c29-20-10-6-9-19(15-20)24-33-25-21-11-4-5-12-22(21)31-27(36(25)34-24)32-23-16-35(14-13-30-26(23)37)28(38)39-17-18-7-2-1-3-8-18/h1-12,15,23H,13-14,16-17H2,(H,30,37)(H,31,32)/t23-/m1/s1. The fourth-order valence-electron chi connectivity index (χ4n) is 4.47. The molecular formula is C28H24FN7O3. The number of para-hydroxylation sites is 1. The van der Waals surface area contributed by atoms with Crippen LogP contribution in [0.3, 0.4) is 0 Å². The summed E-state index contributed by atoms with van der Waals surface area (Å²) in [6.45, 7) is 0.765. The molecule has 2 amide bonds. The summed E-state index contributed by atoms with van der Waals surface area (Å²) in [7, 11) is 0. The molecule has 0 unspecified atom stereocenters. The molecule has 1 atom stereocenters. The van der Waals surface area contributed by atoms with Crippen molar-refractivity contribution < 1.29 is 18.7 Å². The molecular weight excluding hydrogens is 501 g/mol. The summed E-state index contributed by atoms with van der Waals surface area (Å²) < 4.78 is 20.9. The Morgan fingerprint density at radius 1 is 1.05 bits per heavy atom. The number of fused-ring (bicyclic) bond motifs is 3. The minimum Gasteiger partial charge on any atom is -0.445 e. The third kappa shape index (κ3) is 5.06. The van der Waals surface area contributed by atoms with Crippen molar-refractivity contribution in [2.45, 2.75) is 12.6 Å². The van der Waals surface area contributed by atoms with Crippen molar-refractivity contribution in [3.63, 3.8) is 0 Å². The number of nitrogens with zero attached hydrogens (tertiary/aromatic N) is 5. The Morgan fingerprint density at radius 2 is 1.87 bits per heavy atom. The lowest BCUT2D eigenvalue weighted by Gasteiger charge is -2.23. The first-order valence-electron chi connectivity index (χ1n) is 12.5. The second-order valence-corrected chi connectivity index (χ2v) is 9.11. The molecule has 0 aliphatic carbocycles. The van der Waals surface area contributed by atoms with E-state index >= 15 is 0 Å². The fraction of sp³-hybridized carbons (Fsp3) is 0.179. The van der Waals surface area contributed by atoms with Crippen LogP contribution in [0.4, 0.5) is 15.1 Å². The predicted octanol–water partition coefficient (Wildman–Crippen LogP) is 3.63. The highest BCUT2D eigenvalue weighted by molar-refractivity contribution is 5.93. The van der Waals surface area contributed by atoms with Crippen molar-refractivity contribution in [2.24, 2.45) is 0 Å². The topological polar surface area (TPSA) is 114 Å². The van der Waals surface area contributed by atoms with Crippen molar-refractivity contribution in [1.82, 2.24) is 29.8 Å². The number of hydrogen-bond acceptors (Lipinski definition) is 7. The Labute approximate surface area is 222 Å². The zero-order valence-corrected chi connectivity index (χ0v) is 20.8. The van der Waals surface area contributed by atoms with Gasteiger partial charge in [-0.15, -0.1) is 5.10 Å². The maximum Gasteiger partial charge on any atom is 0.410 e. The van der Waals surface area contributed by atoms with Gasteiger partial charge >= 0.3 is 6.09 Å². The molecule has 196 valence electrons. The van der Waals surface area contributed by atoms with Crippen molar-refractivity contribution in [3.8, 4) is 11.4 Å². The Hall–Kier alpha value is -5.06. The molecule has 3 heterocycles. The van der Waals surface area contributed by atoms with E-state index in [-0.39, 0.29) is 31.6 Å². The molecule has 1 saturated heterocycles. The van der Waals surface area contributed by atoms with Gasteiger partial charge in [-0.2, -0.15) is 4.52 Å². The number of hydrogen-bond donors (Lipinski definition) is 2. The first kappa shape index (κ1) is 24.3. The monoisotopic (exact) mass is 525 g/mol. The Kier molecular flexibility index (Phi) is 6.45. The molecule has 1 aliphatic rings. The van der Waals surface area contributed by atoms with Gasteiger partial charge in [0.25, 0.3) is 0 Å². The van der Waals surface area contributed by atoms with Gasteiger partial charge in [-0.25, -0.2) is 19.2 Å². The van der Waals surface area contributed by atoms with Crippen LogP contribution in [0.1, 0.15) is 5.56 Å². The fourth-order valence-corrected chi connectivity index (χ4v) is 4.47. The van der Waals surface area contributed by atoms with E-state index < -0.39 is 18.0 Å². The smallest absolute Gasteiger partial charge is 0.410 e. The molecule has 11 heteroatoms. The molecule has 1 aliphatic heterocycles. The highest BCUT2D eigenvalue weighted by Crippen LogP contribution is 2.25.